The van der Waals surface area contributed by atoms with E-state index in [1.54, 1.807) is 35.4 Å². The first-order valence-electron chi connectivity index (χ1n) is 7.12. The molecule has 0 spiro atoms. The van der Waals surface area contributed by atoms with Crippen LogP contribution in [0.15, 0.2) is 41.1 Å². The molecule has 1 saturated heterocycles. The van der Waals surface area contributed by atoms with Crippen LogP contribution in [0.1, 0.15) is 29.0 Å². The first kappa shape index (κ1) is 14.1. The number of nitriles is 1. The van der Waals surface area contributed by atoms with Crippen LogP contribution in [-0.4, -0.2) is 35.0 Å². The second-order valence-electron chi connectivity index (χ2n) is 5.11. The van der Waals surface area contributed by atoms with Crippen molar-refractivity contribution in [1.29, 1.82) is 5.26 Å². The van der Waals surface area contributed by atoms with Gasteiger partial charge in [-0.1, -0.05) is 0 Å². The predicted molar refractivity (Wildman–Crippen MR) is 77.2 cm³/mol. The third-order valence-corrected chi connectivity index (χ3v) is 3.55. The number of amides is 1. The monoisotopic (exact) mass is 297 g/mol. The zero-order chi connectivity index (χ0) is 15.4. The Bertz CT molecular complexity index is 691. The summed E-state index contributed by atoms with van der Waals surface area (Å²) >= 11 is 0. The molecule has 112 valence electrons. The third kappa shape index (κ3) is 3.09. The van der Waals surface area contributed by atoms with Gasteiger partial charge in [0.15, 0.2) is 5.76 Å². The summed E-state index contributed by atoms with van der Waals surface area (Å²) in [6, 6.07) is 8.64. The van der Waals surface area contributed by atoms with Crippen LogP contribution in [0.3, 0.4) is 0 Å². The van der Waals surface area contributed by atoms with Crippen molar-refractivity contribution >= 4 is 5.91 Å². The molecule has 0 saturated carbocycles. The Morgan fingerprint density at radius 3 is 3.18 bits per heavy atom. The Balaban J connectivity index is 1.65. The Hall–Kier alpha value is -2.81. The van der Waals surface area contributed by atoms with Gasteiger partial charge in [0, 0.05) is 18.8 Å². The lowest BCUT2D eigenvalue weighted by Crippen LogP contribution is -2.44. The van der Waals surface area contributed by atoms with E-state index < -0.39 is 0 Å². The molecule has 22 heavy (non-hydrogen) atoms. The van der Waals surface area contributed by atoms with Crippen LogP contribution < -0.4 is 4.74 Å². The average molecular weight is 297 g/mol. The van der Waals surface area contributed by atoms with Gasteiger partial charge in [0.1, 0.15) is 6.10 Å². The highest BCUT2D eigenvalue weighted by Gasteiger charge is 2.27. The minimum Gasteiger partial charge on any atom is -0.472 e. The highest BCUT2D eigenvalue weighted by molar-refractivity contribution is 5.91. The lowest BCUT2D eigenvalue weighted by molar-refractivity contribution is 0.0500. The maximum absolute atomic E-state index is 12.3. The molecule has 0 bridgehead atoms. The molecule has 0 radical (unpaired) electrons. The molecule has 1 unspecified atom stereocenters. The van der Waals surface area contributed by atoms with Crippen molar-refractivity contribution in [3.05, 3.63) is 48.0 Å². The van der Waals surface area contributed by atoms with Crippen LogP contribution in [-0.2, 0) is 0 Å². The molecule has 1 aliphatic rings. The number of ether oxygens (including phenoxy) is 1. The van der Waals surface area contributed by atoms with Crippen LogP contribution in [0.4, 0.5) is 0 Å². The Labute approximate surface area is 127 Å². The molecule has 3 rings (SSSR count). The van der Waals surface area contributed by atoms with Gasteiger partial charge in [-0.3, -0.25) is 4.79 Å². The molecule has 1 atom stereocenters. The van der Waals surface area contributed by atoms with Crippen molar-refractivity contribution in [1.82, 2.24) is 9.88 Å². The van der Waals surface area contributed by atoms with Crippen LogP contribution in [0.2, 0.25) is 0 Å². The number of rotatable bonds is 3. The van der Waals surface area contributed by atoms with Crippen molar-refractivity contribution in [2.75, 3.05) is 13.1 Å². The van der Waals surface area contributed by atoms with E-state index in [1.165, 1.54) is 6.26 Å². The summed E-state index contributed by atoms with van der Waals surface area (Å²) < 4.78 is 11.0. The quantitative estimate of drug-likeness (QED) is 0.868. The number of aromatic nitrogens is 1. The molecule has 2 aromatic heterocycles. The fraction of sp³-hybridized carbons (Fsp3) is 0.312. The zero-order valence-corrected chi connectivity index (χ0v) is 11.9. The first-order chi connectivity index (χ1) is 10.8. The van der Waals surface area contributed by atoms with Crippen molar-refractivity contribution in [2.45, 2.75) is 18.9 Å². The van der Waals surface area contributed by atoms with Gasteiger partial charge in [-0.25, -0.2) is 4.98 Å². The molecule has 6 nitrogen and oxygen atoms in total. The number of nitrogens with zero attached hydrogens (tertiary/aromatic N) is 3. The molecule has 0 aliphatic carbocycles. The minimum absolute atomic E-state index is 0.128. The second kappa shape index (κ2) is 6.31. The predicted octanol–water partition coefficient (Wildman–Crippen LogP) is 2.23. The fourth-order valence-corrected chi connectivity index (χ4v) is 2.49. The highest BCUT2D eigenvalue weighted by atomic mass is 16.5. The van der Waals surface area contributed by atoms with E-state index in [0.29, 0.717) is 30.3 Å². The Kier molecular flexibility index (Phi) is 4.05. The van der Waals surface area contributed by atoms with Gasteiger partial charge in [-0.05, 0) is 31.0 Å². The lowest BCUT2D eigenvalue weighted by atomic mass is 10.1. The topological polar surface area (TPSA) is 79.4 Å². The largest absolute Gasteiger partial charge is 0.472 e. The fourth-order valence-electron chi connectivity index (χ4n) is 2.49. The van der Waals surface area contributed by atoms with Gasteiger partial charge < -0.3 is 14.1 Å². The SMILES string of the molecule is N#Cc1ccnc(OC2CCCN(C(=O)c3ccco3)C2)c1. The van der Waals surface area contributed by atoms with Gasteiger partial charge in [0.25, 0.3) is 5.91 Å². The van der Waals surface area contributed by atoms with E-state index in [0.717, 1.165) is 12.8 Å². The van der Waals surface area contributed by atoms with Crippen LogP contribution in [0.5, 0.6) is 5.88 Å². The summed E-state index contributed by atoms with van der Waals surface area (Å²) in [6.45, 7) is 1.17. The number of furan rings is 1. The number of piperidine rings is 1. The van der Waals surface area contributed by atoms with Crippen molar-refractivity contribution in [3.63, 3.8) is 0 Å². The summed E-state index contributed by atoms with van der Waals surface area (Å²) in [5.74, 6) is 0.624. The highest BCUT2D eigenvalue weighted by Crippen LogP contribution is 2.19. The molecular formula is C16H15N3O3. The molecule has 6 heteroatoms. The van der Waals surface area contributed by atoms with Crippen molar-refractivity contribution in [2.24, 2.45) is 0 Å². The first-order valence-corrected chi connectivity index (χ1v) is 7.12. The van der Waals surface area contributed by atoms with E-state index in [-0.39, 0.29) is 12.0 Å². The van der Waals surface area contributed by atoms with Crippen molar-refractivity contribution in [3.8, 4) is 11.9 Å². The number of hydrogen-bond acceptors (Lipinski definition) is 5. The van der Waals surface area contributed by atoms with Crippen LogP contribution >= 0.6 is 0 Å². The molecule has 1 aliphatic heterocycles. The van der Waals surface area contributed by atoms with Gasteiger partial charge in [-0.2, -0.15) is 5.26 Å². The molecule has 0 N–H and O–H groups in total. The molecule has 1 fully saturated rings. The molecule has 1 amide bonds. The van der Waals surface area contributed by atoms with Gasteiger partial charge in [0.2, 0.25) is 5.88 Å². The number of hydrogen-bond donors (Lipinski definition) is 0. The van der Waals surface area contributed by atoms with E-state index in [9.17, 15) is 4.79 Å². The zero-order valence-electron chi connectivity index (χ0n) is 11.9. The summed E-state index contributed by atoms with van der Waals surface area (Å²) in [4.78, 5) is 18.1. The van der Waals surface area contributed by atoms with E-state index in [2.05, 4.69) is 11.1 Å². The molecular weight excluding hydrogens is 282 g/mol. The van der Waals surface area contributed by atoms with Crippen LogP contribution in [0, 0.1) is 11.3 Å². The second-order valence-corrected chi connectivity index (χ2v) is 5.11. The van der Waals surface area contributed by atoms with E-state index in [1.807, 2.05) is 0 Å². The number of pyridine rings is 1. The average Bonchev–Trinajstić information content (AvgIpc) is 3.09. The Morgan fingerprint density at radius 2 is 2.41 bits per heavy atom. The summed E-state index contributed by atoms with van der Waals surface area (Å²) in [5.41, 5.74) is 0.504. The molecule has 2 aromatic rings. The maximum Gasteiger partial charge on any atom is 0.289 e. The van der Waals surface area contributed by atoms with E-state index in [4.69, 9.17) is 14.4 Å². The summed E-state index contributed by atoms with van der Waals surface area (Å²) in [7, 11) is 0. The molecule has 3 heterocycles. The standard InChI is InChI=1S/C16H15N3O3/c17-10-12-5-6-18-15(9-12)22-13-3-1-7-19(11-13)16(20)14-4-2-8-21-14/h2,4-6,8-9,13H,1,3,7,11H2. The van der Waals surface area contributed by atoms with Crippen molar-refractivity contribution < 1.29 is 13.9 Å². The maximum atomic E-state index is 12.3. The van der Waals surface area contributed by atoms with Crippen LogP contribution in [0.25, 0.3) is 0 Å². The van der Waals surface area contributed by atoms with Gasteiger partial charge in [-0.15, -0.1) is 0 Å². The summed E-state index contributed by atoms with van der Waals surface area (Å²) in [6.07, 6.45) is 4.61. The van der Waals surface area contributed by atoms with E-state index >= 15 is 0 Å². The number of likely N-dealkylation sites (tertiary alicyclic amines) is 1. The lowest BCUT2D eigenvalue weighted by Gasteiger charge is -2.32. The smallest absolute Gasteiger partial charge is 0.289 e. The Morgan fingerprint density at radius 1 is 1.50 bits per heavy atom. The van der Waals surface area contributed by atoms with Gasteiger partial charge in [0.05, 0.1) is 24.4 Å². The number of carbonyl (C=O) groups is 1. The van der Waals surface area contributed by atoms with Gasteiger partial charge >= 0.3 is 0 Å². The minimum atomic E-state index is -0.130. The third-order valence-electron chi connectivity index (χ3n) is 3.55. The number of carbonyl (C=O) groups excluding carboxylic acids is 1. The summed E-state index contributed by atoms with van der Waals surface area (Å²) in [5, 5.41) is 8.89. The molecule has 0 aromatic carbocycles. The normalized spacial score (nSPS) is 17.8.